The summed E-state index contributed by atoms with van der Waals surface area (Å²) >= 11 is 0. The molecule has 0 aromatic heterocycles. The fourth-order valence-corrected chi connectivity index (χ4v) is 2.90. The molecule has 0 spiro atoms. The molecule has 24 heavy (non-hydrogen) atoms. The molecule has 0 heterocycles. The van der Waals surface area contributed by atoms with Gasteiger partial charge in [-0.2, -0.15) is 0 Å². The van der Waals surface area contributed by atoms with E-state index in [4.69, 9.17) is 9.47 Å². The van der Waals surface area contributed by atoms with Crippen LogP contribution in [0.4, 0.5) is 5.69 Å². The number of hydrogen-bond acceptors (Lipinski definition) is 5. The smallest absolute Gasteiger partial charge is 0.255 e. The Kier molecular flexibility index (Phi) is 5.59. The van der Waals surface area contributed by atoms with E-state index in [-0.39, 0.29) is 11.3 Å². The molecule has 0 unspecified atom stereocenters. The molecule has 0 aliphatic heterocycles. The van der Waals surface area contributed by atoms with Crippen molar-refractivity contribution >= 4 is 28.1 Å². The summed E-state index contributed by atoms with van der Waals surface area (Å²) in [5.41, 5.74) is 1.12. The van der Waals surface area contributed by atoms with E-state index in [0.717, 1.165) is 5.41 Å². The van der Waals surface area contributed by atoms with Crippen LogP contribution in [0, 0.1) is 0 Å². The highest BCUT2D eigenvalue weighted by Gasteiger charge is 2.09. The number of carbonyl (C=O) groups excluding carboxylic acids is 1. The molecular formula is C17H17NO5S. The lowest BCUT2D eigenvalue weighted by atomic mass is 10.2. The fourth-order valence-electron chi connectivity index (χ4n) is 2.00. The second-order valence-corrected chi connectivity index (χ2v) is 6.34. The Labute approximate surface area is 140 Å². The van der Waals surface area contributed by atoms with Gasteiger partial charge in [0.1, 0.15) is 0 Å². The van der Waals surface area contributed by atoms with Crippen LogP contribution in [0.3, 0.4) is 0 Å². The Bertz CT molecular complexity index is 859. The predicted octanol–water partition coefficient (Wildman–Crippen LogP) is 2.93. The molecule has 0 aliphatic carbocycles. The van der Waals surface area contributed by atoms with Crippen molar-refractivity contribution in [3.05, 3.63) is 59.0 Å². The molecule has 7 heteroatoms. The van der Waals surface area contributed by atoms with Crippen molar-refractivity contribution in [3.8, 4) is 11.5 Å². The zero-order valence-electron chi connectivity index (χ0n) is 13.2. The van der Waals surface area contributed by atoms with E-state index in [0.29, 0.717) is 23.3 Å². The highest BCUT2D eigenvalue weighted by Crippen LogP contribution is 2.28. The van der Waals surface area contributed by atoms with Crippen LogP contribution in [-0.4, -0.2) is 28.9 Å². The first kappa shape index (κ1) is 17.6. The van der Waals surface area contributed by atoms with Crippen LogP contribution >= 0.6 is 0 Å². The largest absolute Gasteiger partial charge is 0.493 e. The van der Waals surface area contributed by atoms with E-state index in [1.54, 1.807) is 30.3 Å². The van der Waals surface area contributed by atoms with Crippen LogP contribution in [0.5, 0.6) is 11.5 Å². The maximum atomic E-state index is 12.1. The van der Waals surface area contributed by atoms with Crippen molar-refractivity contribution in [3.63, 3.8) is 0 Å². The number of ether oxygens (including phenoxy) is 2. The first-order chi connectivity index (χ1) is 11.5. The number of benzene rings is 2. The molecule has 0 amide bonds. The van der Waals surface area contributed by atoms with Crippen LogP contribution < -0.4 is 14.2 Å². The van der Waals surface area contributed by atoms with Crippen LogP contribution in [0.2, 0.25) is 0 Å². The second kappa shape index (κ2) is 7.65. The third-order valence-electron chi connectivity index (χ3n) is 3.19. The number of nitrogens with one attached hydrogen (secondary N) is 1. The summed E-state index contributed by atoms with van der Waals surface area (Å²) in [6.07, 6.45) is 2.02. The van der Waals surface area contributed by atoms with E-state index < -0.39 is 10.0 Å². The Hall–Kier alpha value is -2.80. The van der Waals surface area contributed by atoms with Gasteiger partial charge in [0.05, 0.1) is 25.3 Å². The quantitative estimate of drug-likeness (QED) is 0.779. The van der Waals surface area contributed by atoms with E-state index >= 15 is 0 Å². The molecule has 1 N–H and O–H groups in total. The van der Waals surface area contributed by atoms with E-state index in [1.165, 1.54) is 32.4 Å². The fraction of sp³-hybridized carbons (Fsp3) is 0.118. The molecule has 6 nitrogen and oxygen atoms in total. The van der Waals surface area contributed by atoms with Gasteiger partial charge in [-0.15, -0.1) is 0 Å². The molecule has 2 rings (SSSR count). The van der Waals surface area contributed by atoms with Gasteiger partial charge in [0.15, 0.2) is 17.8 Å². The average molecular weight is 347 g/mol. The van der Waals surface area contributed by atoms with Gasteiger partial charge in [-0.05, 0) is 35.9 Å². The Morgan fingerprint density at radius 3 is 2.38 bits per heavy atom. The Balaban J connectivity index is 2.22. The topological polar surface area (TPSA) is 81.7 Å². The first-order valence-corrected chi connectivity index (χ1v) is 8.51. The number of aldehydes is 1. The summed E-state index contributed by atoms with van der Waals surface area (Å²) in [5, 5.41) is 1.02. The van der Waals surface area contributed by atoms with Crippen molar-refractivity contribution < 1.29 is 22.7 Å². The molecule has 0 bridgehead atoms. The number of hydrogen-bond donors (Lipinski definition) is 1. The number of anilines is 1. The van der Waals surface area contributed by atoms with Gasteiger partial charge >= 0.3 is 0 Å². The number of sulfonamides is 1. The molecule has 0 radical (unpaired) electrons. The lowest BCUT2D eigenvalue weighted by molar-refractivity contribution is 0.112. The summed E-state index contributed by atoms with van der Waals surface area (Å²) in [4.78, 5) is 10.9. The van der Waals surface area contributed by atoms with Crippen molar-refractivity contribution in [2.45, 2.75) is 0 Å². The number of rotatable bonds is 7. The van der Waals surface area contributed by atoms with Gasteiger partial charge in [0.2, 0.25) is 0 Å². The van der Waals surface area contributed by atoms with Gasteiger partial charge in [-0.1, -0.05) is 18.2 Å². The summed E-state index contributed by atoms with van der Waals surface area (Å²) in [7, 11) is -0.742. The maximum absolute atomic E-state index is 12.1. The van der Waals surface area contributed by atoms with Crippen molar-refractivity contribution in [1.29, 1.82) is 0 Å². The third-order valence-corrected chi connectivity index (χ3v) is 4.19. The summed E-state index contributed by atoms with van der Waals surface area (Å²) in [6, 6.07) is 11.4. The van der Waals surface area contributed by atoms with Gasteiger partial charge in [0, 0.05) is 5.56 Å². The lowest BCUT2D eigenvalue weighted by Crippen LogP contribution is -2.10. The zero-order valence-corrected chi connectivity index (χ0v) is 14.0. The van der Waals surface area contributed by atoms with Gasteiger partial charge < -0.3 is 9.47 Å². The highest BCUT2D eigenvalue weighted by molar-refractivity contribution is 7.95. The van der Waals surface area contributed by atoms with Crippen LogP contribution in [-0.2, 0) is 10.0 Å². The molecule has 0 aliphatic rings. The molecule has 0 fully saturated rings. The van der Waals surface area contributed by atoms with Gasteiger partial charge in [-0.25, -0.2) is 8.42 Å². The molecule has 0 saturated carbocycles. The van der Waals surface area contributed by atoms with Crippen LogP contribution in [0.25, 0.3) is 6.08 Å². The van der Waals surface area contributed by atoms with E-state index in [1.807, 2.05) is 0 Å². The lowest BCUT2D eigenvalue weighted by Gasteiger charge is -2.08. The Morgan fingerprint density at radius 2 is 1.71 bits per heavy atom. The first-order valence-electron chi connectivity index (χ1n) is 6.96. The number of methoxy groups -OCH3 is 2. The van der Waals surface area contributed by atoms with E-state index in [9.17, 15) is 13.2 Å². The van der Waals surface area contributed by atoms with Crippen molar-refractivity contribution in [2.75, 3.05) is 18.9 Å². The third kappa shape index (κ3) is 4.36. The highest BCUT2D eigenvalue weighted by atomic mass is 32.2. The summed E-state index contributed by atoms with van der Waals surface area (Å²) in [6.45, 7) is 0. The van der Waals surface area contributed by atoms with Gasteiger partial charge in [0.25, 0.3) is 10.0 Å². The van der Waals surface area contributed by atoms with Gasteiger partial charge in [-0.3, -0.25) is 9.52 Å². The molecule has 0 atom stereocenters. The average Bonchev–Trinajstić information content (AvgIpc) is 2.60. The minimum atomic E-state index is -3.76. The monoisotopic (exact) mass is 347 g/mol. The normalized spacial score (nSPS) is 11.2. The maximum Gasteiger partial charge on any atom is 0.255 e. The van der Waals surface area contributed by atoms with Crippen molar-refractivity contribution in [2.24, 2.45) is 0 Å². The standard InChI is InChI=1S/C17H17NO5S/c1-22-16-8-7-13(11-17(16)23-2)9-10-24(20,21)18-15-6-4-3-5-14(15)12-19/h3-12,18H,1-2H3/b10-9+. The SMILES string of the molecule is COc1ccc(/C=C/S(=O)(=O)Nc2ccccc2C=O)cc1OC. The van der Waals surface area contributed by atoms with Crippen molar-refractivity contribution in [1.82, 2.24) is 0 Å². The minimum absolute atomic E-state index is 0.226. The zero-order chi connectivity index (χ0) is 17.6. The summed E-state index contributed by atoms with van der Waals surface area (Å²) < 4.78 is 37.0. The van der Waals surface area contributed by atoms with Crippen LogP contribution in [0.15, 0.2) is 47.9 Å². The minimum Gasteiger partial charge on any atom is -0.493 e. The Morgan fingerprint density at radius 1 is 1.00 bits per heavy atom. The molecule has 2 aromatic carbocycles. The van der Waals surface area contributed by atoms with E-state index in [2.05, 4.69) is 4.72 Å². The molecular weight excluding hydrogens is 330 g/mol. The number of carbonyl (C=O) groups is 1. The molecule has 126 valence electrons. The summed E-state index contributed by atoms with van der Waals surface area (Å²) in [5.74, 6) is 1.05. The molecule has 0 saturated heterocycles. The predicted molar refractivity (Wildman–Crippen MR) is 93.0 cm³/mol. The molecule has 2 aromatic rings. The van der Waals surface area contributed by atoms with Crippen LogP contribution in [0.1, 0.15) is 15.9 Å². The second-order valence-electron chi connectivity index (χ2n) is 4.77. The number of para-hydroxylation sites is 1.